The lowest BCUT2D eigenvalue weighted by Gasteiger charge is -2.10. The van der Waals surface area contributed by atoms with E-state index in [1.807, 2.05) is 20.0 Å². The van der Waals surface area contributed by atoms with Crippen LogP contribution in [0, 0.1) is 0 Å². The van der Waals surface area contributed by atoms with Crippen LogP contribution in [-0.4, -0.2) is 33.4 Å². The predicted molar refractivity (Wildman–Crippen MR) is 66.2 cm³/mol. The Kier molecular flexibility index (Phi) is 5.42. The average molecular weight is 237 g/mol. The summed E-state index contributed by atoms with van der Waals surface area (Å²) in [6.07, 6.45) is 6.38. The number of nitrogens with one attached hydrogen (secondary N) is 1. The molecule has 5 nitrogen and oxygen atoms in total. The van der Waals surface area contributed by atoms with Crippen LogP contribution in [0.15, 0.2) is 18.3 Å². The van der Waals surface area contributed by atoms with E-state index >= 15 is 0 Å². The lowest BCUT2D eigenvalue weighted by molar-refractivity contribution is -0.117. The molecule has 0 aromatic carbocycles. The highest BCUT2D eigenvalue weighted by Gasteiger charge is 2.04. The predicted octanol–water partition coefficient (Wildman–Crippen LogP) is 0.711. The van der Waals surface area contributed by atoms with Crippen molar-refractivity contribution in [3.05, 3.63) is 24.0 Å². The standard InChI is InChI=1S/C12H19N3O2/c1-10(4-3-9-16)14-12(17)6-5-11-7-8-13-15(11)2/h5-8,10,16H,3-4,9H2,1-2H3,(H,14,17). The van der Waals surface area contributed by atoms with Gasteiger partial charge in [0.25, 0.3) is 0 Å². The topological polar surface area (TPSA) is 67.2 Å². The van der Waals surface area contributed by atoms with Crippen molar-refractivity contribution in [1.82, 2.24) is 15.1 Å². The summed E-state index contributed by atoms with van der Waals surface area (Å²) in [5.74, 6) is -0.128. The van der Waals surface area contributed by atoms with Gasteiger partial charge in [-0.3, -0.25) is 9.48 Å². The molecule has 1 atom stereocenters. The Bertz CT molecular complexity index is 385. The molecule has 1 aromatic heterocycles. The van der Waals surface area contributed by atoms with Crippen LogP contribution in [-0.2, 0) is 11.8 Å². The van der Waals surface area contributed by atoms with E-state index in [1.54, 1.807) is 17.0 Å². The summed E-state index contributed by atoms with van der Waals surface area (Å²) in [4.78, 5) is 11.5. The number of carbonyl (C=O) groups excluding carboxylic acids is 1. The SMILES string of the molecule is CC(CCCO)NC(=O)C=Cc1ccnn1C. The molecular weight excluding hydrogens is 218 g/mol. The van der Waals surface area contributed by atoms with E-state index in [-0.39, 0.29) is 18.6 Å². The Morgan fingerprint density at radius 1 is 1.71 bits per heavy atom. The van der Waals surface area contributed by atoms with Gasteiger partial charge in [0.05, 0.1) is 5.69 Å². The first-order valence-electron chi connectivity index (χ1n) is 5.71. The number of carbonyl (C=O) groups is 1. The van der Waals surface area contributed by atoms with Crippen molar-refractivity contribution in [1.29, 1.82) is 0 Å². The number of aliphatic hydroxyl groups excluding tert-OH is 1. The van der Waals surface area contributed by atoms with Crippen molar-refractivity contribution in [3.63, 3.8) is 0 Å². The molecule has 1 rings (SSSR count). The second-order valence-corrected chi connectivity index (χ2v) is 3.99. The van der Waals surface area contributed by atoms with Gasteiger partial charge in [0, 0.05) is 32.0 Å². The van der Waals surface area contributed by atoms with Gasteiger partial charge in [-0.1, -0.05) is 0 Å². The van der Waals surface area contributed by atoms with E-state index in [9.17, 15) is 4.79 Å². The van der Waals surface area contributed by atoms with E-state index in [4.69, 9.17) is 5.11 Å². The number of aliphatic hydroxyl groups is 1. The third kappa shape index (κ3) is 4.82. The molecule has 0 bridgehead atoms. The first-order valence-corrected chi connectivity index (χ1v) is 5.71. The molecule has 0 spiro atoms. The first kappa shape index (κ1) is 13.4. The molecule has 5 heteroatoms. The van der Waals surface area contributed by atoms with Crippen LogP contribution in [0.3, 0.4) is 0 Å². The van der Waals surface area contributed by atoms with Crippen LogP contribution in [0.5, 0.6) is 0 Å². The van der Waals surface area contributed by atoms with Crippen LogP contribution in [0.25, 0.3) is 6.08 Å². The quantitative estimate of drug-likeness (QED) is 0.716. The molecule has 1 aromatic rings. The lowest BCUT2D eigenvalue weighted by Crippen LogP contribution is -2.31. The molecule has 1 amide bonds. The van der Waals surface area contributed by atoms with Crippen LogP contribution in [0.1, 0.15) is 25.5 Å². The number of aromatic nitrogens is 2. The van der Waals surface area contributed by atoms with Crippen molar-refractivity contribution in [2.45, 2.75) is 25.8 Å². The number of hydrogen-bond acceptors (Lipinski definition) is 3. The fourth-order valence-electron chi connectivity index (χ4n) is 1.47. The largest absolute Gasteiger partial charge is 0.396 e. The molecule has 0 radical (unpaired) electrons. The highest BCUT2D eigenvalue weighted by molar-refractivity contribution is 5.91. The number of rotatable bonds is 6. The van der Waals surface area contributed by atoms with Gasteiger partial charge < -0.3 is 10.4 Å². The molecule has 0 aliphatic carbocycles. The maximum absolute atomic E-state index is 11.5. The minimum atomic E-state index is -0.128. The summed E-state index contributed by atoms with van der Waals surface area (Å²) < 4.78 is 1.69. The Labute approximate surface area is 101 Å². The van der Waals surface area contributed by atoms with Gasteiger partial charge in [-0.15, -0.1) is 0 Å². The number of amides is 1. The molecule has 1 unspecified atom stereocenters. The highest BCUT2D eigenvalue weighted by atomic mass is 16.2. The lowest BCUT2D eigenvalue weighted by atomic mass is 10.2. The Hall–Kier alpha value is -1.62. The summed E-state index contributed by atoms with van der Waals surface area (Å²) >= 11 is 0. The summed E-state index contributed by atoms with van der Waals surface area (Å²) in [5, 5.41) is 15.5. The number of hydrogen-bond donors (Lipinski definition) is 2. The maximum atomic E-state index is 11.5. The van der Waals surface area contributed by atoms with Gasteiger partial charge in [-0.25, -0.2) is 0 Å². The molecule has 0 aliphatic heterocycles. The minimum Gasteiger partial charge on any atom is -0.396 e. The van der Waals surface area contributed by atoms with Crippen molar-refractivity contribution < 1.29 is 9.90 Å². The number of aryl methyl sites for hydroxylation is 1. The fraction of sp³-hybridized carbons (Fsp3) is 0.500. The van der Waals surface area contributed by atoms with Crippen LogP contribution >= 0.6 is 0 Å². The molecule has 17 heavy (non-hydrogen) atoms. The van der Waals surface area contributed by atoms with Crippen LogP contribution in [0.4, 0.5) is 0 Å². The summed E-state index contributed by atoms with van der Waals surface area (Å²) in [7, 11) is 1.82. The smallest absolute Gasteiger partial charge is 0.244 e. The van der Waals surface area contributed by atoms with Gasteiger partial charge >= 0.3 is 0 Å². The van der Waals surface area contributed by atoms with Crippen molar-refractivity contribution in [2.24, 2.45) is 7.05 Å². The molecular formula is C12H19N3O2. The third-order valence-corrected chi connectivity index (χ3v) is 2.45. The molecule has 0 saturated heterocycles. The zero-order valence-electron chi connectivity index (χ0n) is 10.3. The zero-order chi connectivity index (χ0) is 12.7. The van der Waals surface area contributed by atoms with Gasteiger partial charge in [-0.05, 0) is 31.9 Å². The van der Waals surface area contributed by atoms with Crippen molar-refractivity contribution in [3.8, 4) is 0 Å². The summed E-state index contributed by atoms with van der Waals surface area (Å²) in [6.45, 7) is 2.08. The van der Waals surface area contributed by atoms with Crippen molar-refractivity contribution in [2.75, 3.05) is 6.61 Å². The molecule has 94 valence electrons. The van der Waals surface area contributed by atoms with E-state index in [0.29, 0.717) is 6.42 Å². The average Bonchev–Trinajstić information content (AvgIpc) is 2.69. The molecule has 1 heterocycles. The van der Waals surface area contributed by atoms with Gasteiger partial charge in [0.2, 0.25) is 5.91 Å². The molecule has 2 N–H and O–H groups in total. The Balaban J connectivity index is 2.39. The molecule has 0 saturated carbocycles. The van der Waals surface area contributed by atoms with E-state index in [0.717, 1.165) is 12.1 Å². The van der Waals surface area contributed by atoms with E-state index in [2.05, 4.69) is 10.4 Å². The summed E-state index contributed by atoms with van der Waals surface area (Å²) in [6, 6.07) is 1.91. The fourth-order valence-corrected chi connectivity index (χ4v) is 1.47. The van der Waals surface area contributed by atoms with Crippen LogP contribution < -0.4 is 5.32 Å². The second kappa shape index (κ2) is 6.85. The van der Waals surface area contributed by atoms with Gasteiger partial charge in [0.1, 0.15) is 0 Å². The molecule has 0 fully saturated rings. The summed E-state index contributed by atoms with van der Waals surface area (Å²) in [5.41, 5.74) is 0.878. The van der Waals surface area contributed by atoms with Crippen molar-refractivity contribution >= 4 is 12.0 Å². The van der Waals surface area contributed by atoms with E-state index < -0.39 is 0 Å². The Morgan fingerprint density at radius 2 is 2.47 bits per heavy atom. The monoisotopic (exact) mass is 237 g/mol. The normalized spacial score (nSPS) is 12.9. The first-order chi connectivity index (χ1) is 8.13. The number of nitrogens with zero attached hydrogens (tertiary/aromatic N) is 2. The van der Waals surface area contributed by atoms with E-state index in [1.165, 1.54) is 6.08 Å². The van der Waals surface area contributed by atoms with Crippen LogP contribution in [0.2, 0.25) is 0 Å². The van der Waals surface area contributed by atoms with Gasteiger partial charge in [-0.2, -0.15) is 5.10 Å². The zero-order valence-corrected chi connectivity index (χ0v) is 10.3. The third-order valence-electron chi connectivity index (χ3n) is 2.45. The molecule has 0 aliphatic rings. The Morgan fingerprint density at radius 3 is 3.06 bits per heavy atom. The maximum Gasteiger partial charge on any atom is 0.244 e. The highest BCUT2D eigenvalue weighted by Crippen LogP contribution is 1.99. The second-order valence-electron chi connectivity index (χ2n) is 3.99. The van der Waals surface area contributed by atoms with Gasteiger partial charge in [0.15, 0.2) is 0 Å². The minimum absolute atomic E-state index is 0.0748.